The Morgan fingerprint density at radius 1 is 1.42 bits per heavy atom. The zero-order chi connectivity index (χ0) is 13.8. The number of carbonyl (C=O) groups excluding carboxylic acids is 1. The van der Waals surface area contributed by atoms with E-state index in [-0.39, 0.29) is 18.0 Å². The Hall–Kier alpha value is -1.49. The first-order chi connectivity index (χ1) is 9.11. The van der Waals surface area contributed by atoms with Crippen LogP contribution in [0, 0.1) is 6.92 Å². The lowest BCUT2D eigenvalue weighted by molar-refractivity contribution is 0.0919. The van der Waals surface area contributed by atoms with Crippen LogP contribution in [-0.2, 0) is 6.42 Å². The van der Waals surface area contributed by atoms with Crippen LogP contribution in [0.5, 0.6) is 0 Å². The quantitative estimate of drug-likeness (QED) is 0.861. The summed E-state index contributed by atoms with van der Waals surface area (Å²) in [5.41, 5.74) is 8.20. The molecule has 0 aromatic carbocycles. The molecule has 2 atom stereocenters. The van der Waals surface area contributed by atoms with Crippen LogP contribution in [-0.4, -0.2) is 28.2 Å². The molecule has 2 unspecified atom stereocenters. The molecule has 1 aliphatic carbocycles. The molecule has 0 saturated heterocycles. The molecule has 19 heavy (non-hydrogen) atoms. The molecule has 5 nitrogen and oxygen atoms in total. The summed E-state index contributed by atoms with van der Waals surface area (Å²) in [6.07, 6.45) is 4.94. The largest absolute Gasteiger partial charge is 0.348 e. The molecule has 1 aromatic heterocycles. The van der Waals surface area contributed by atoms with Gasteiger partial charge >= 0.3 is 0 Å². The van der Waals surface area contributed by atoms with Crippen LogP contribution in [0.1, 0.15) is 54.4 Å². The molecule has 0 bridgehead atoms. The zero-order valence-electron chi connectivity index (χ0n) is 11.6. The Morgan fingerprint density at radius 2 is 2.16 bits per heavy atom. The van der Waals surface area contributed by atoms with Crippen LogP contribution in [0.15, 0.2) is 6.07 Å². The summed E-state index contributed by atoms with van der Waals surface area (Å²) in [5.74, 6) is -0.0720. The average Bonchev–Trinajstić information content (AvgIpc) is 2.41. The minimum atomic E-state index is -0.0720. The molecule has 0 aliphatic heterocycles. The van der Waals surface area contributed by atoms with Gasteiger partial charge in [-0.2, -0.15) is 10.2 Å². The molecular weight excluding hydrogens is 240 g/mol. The van der Waals surface area contributed by atoms with E-state index in [2.05, 4.69) is 15.5 Å². The van der Waals surface area contributed by atoms with Gasteiger partial charge in [0.2, 0.25) is 0 Å². The number of hydrogen-bond donors (Lipinski definition) is 2. The van der Waals surface area contributed by atoms with Crippen molar-refractivity contribution in [3.8, 4) is 0 Å². The molecule has 1 aromatic rings. The van der Waals surface area contributed by atoms with E-state index >= 15 is 0 Å². The molecule has 5 heteroatoms. The van der Waals surface area contributed by atoms with Gasteiger partial charge in [-0.25, -0.2) is 0 Å². The van der Waals surface area contributed by atoms with Gasteiger partial charge < -0.3 is 11.1 Å². The standard InChI is InChI=1S/C14H22N4O/c1-3-12-10(8-9(2)17-18-12)14(19)16-13-7-5-4-6-11(13)15/h8,11,13H,3-7,15H2,1-2H3,(H,16,19). The summed E-state index contributed by atoms with van der Waals surface area (Å²) >= 11 is 0. The van der Waals surface area contributed by atoms with Crippen LogP contribution >= 0.6 is 0 Å². The van der Waals surface area contributed by atoms with Crippen LogP contribution in [0.3, 0.4) is 0 Å². The maximum atomic E-state index is 12.4. The van der Waals surface area contributed by atoms with E-state index in [0.29, 0.717) is 12.0 Å². The number of carbonyl (C=O) groups is 1. The fraction of sp³-hybridized carbons (Fsp3) is 0.643. The third-order valence-corrected chi connectivity index (χ3v) is 3.71. The predicted octanol–water partition coefficient (Wildman–Crippen LogP) is 1.35. The molecule has 0 radical (unpaired) electrons. The van der Waals surface area contributed by atoms with Crippen LogP contribution in [0.25, 0.3) is 0 Å². The van der Waals surface area contributed by atoms with E-state index < -0.39 is 0 Å². The number of aryl methyl sites for hydroxylation is 2. The van der Waals surface area contributed by atoms with Crippen molar-refractivity contribution in [2.75, 3.05) is 0 Å². The number of nitrogens with one attached hydrogen (secondary N) is 1. The number of rotatable bonds is 3. The van der Waals surface area contributed by atoms with Crippen LogP contribution in [0.2, 0.25) is 0 Å². The Bertz CT molecular complexity index is 461. The van der Waals surface area contributed by atoms with Gasteiger partial charge in [0.15, 0.2) is 0 Å². The first-order valence-electron chi connectivity index (χ1n) is 7.01. The van der Waals surface area contributed by atoms with Gasteiger partial charge in [0.25, 0.3) is 5.91 Å². The third kappa shape index (κ3) is 3.29. The van der Waals surface area contributed by atoms with Crippen molar-refractivity contribution in [2.45, 2.75) is 58.0 Å². The highest BCUT2D eigenvalue weighted by atomic mass is 16.1. The van der Waals surface area contributed by atoms with Gasteiger partial charge in [-0.05, 0) is 32.3 Å². The Morgan fingerprint density at radius 3 is 2.84 bits per heavy atom. The summed E-state index contributed by atoms with van der Waals surface area (Å²) in [5, 5.41) is 11.1. The van der Waals surface area contributed by atoms with Crippen molar-refractivity contribution in [3.05, 3.63) is 23.0 Å². The second kappa shape index (κ2) is 6.10. The van der Waals surface area contributed by atoms with Crippen molar-refractivity contribution in [3.63, 3.8) is 0 Å². The SMILES string of the molecule is CCc1nnc(C)cc1C(=O)NC1CCCCC1N. The summed E-state index contributed by atoms with van der Waals surface area (Å²) in [4.78, 5) is 12.4. The molecule has 1 aliphatic rings. The molecule has 2 rings (SSSR count). The Labute approximate surface area is 114 Å². The van der Waals surface area contributed by atoms with E-state index in [1.165, 1.54) is 0 Å². The number of hydrogen-bond acceptors (Lipinski definition) is 4. The number of nitrogens with zero attached hydrogens (tertiary/aromatic N) is 2. The Kier molecular flexibility index (Phi) is 4.47. The van der Waals surface area contributed by atoms with Crippen molar-refractivity contribution < 1.29 is 4.79 Å². The van der Waals surface area contributed by atoms with Gasteiger partial charge in [0, 0.05) is 12.1 Å². The average molecular weight is 262 g/mol. The van der Waals surface area contributed by atoms with Crippen molar-refractivity contribution in [1.29, 1.82) is 0 Å². The van der Waals surface area contributed by atoms with Gasteiger partial charge in [0.1, 0.15) is 0 Å². The maximum Gasteiger partial charge on any atom is 0.253 e. The van der Waals surface area contributed by atoms with Crippen molar-refractivity contribution in [1.82, 2.24) is 15.5 Å². The fourth-order valence-corrected chi connectivity index (χ4v) is 2.56. The summed E-state index contributed by atoms with van der Waals surface area (Å²) < 4.78 is 0. The monoisotopic (exact) mass is 262 g/mol. The second-order valence-electron chi connectivity index (χ2n) is 5.23. The molecule has 1 amide bonds. The molecule has 3 N–H and O–H groups in total. The molecule has 1 fully saturated rings. The third-order valence-electron chi connectivity index (χ3n) is 3.71. The topological polar surface area (TPSA) is 80.9 Å². The van der Waals surface area contributed by atoms with E-state index in [1.54, 1.807) is 6.07 Å². The second-order valence-corrected chi connectivity index (χ2v) is 5.23. The predicted molar refractivity (Wildman–Crippen MR) is 73.8 cm³/mol. The first-order valence-corrected chi connectivity index (χ1v) is 7.01. The number of aromatic nitrogens is 2. The van der Waals surface area contributed by atoms with E-state index in [1.807, 2.05) is 13.8 Å². The lowest BCUT2D eigenvalue weighted by Crippen LogP contribution is -2.49. The minimum absolute atomic E-state index is 0.0682. The molecular formula is C14H22N4O. The fourth-order valence-electron chi connectivity index (χ4n) is 2.56. The first kappa shape index (κ1) is 13.9. The molecule has 104 valence electrons. The summed E-state index contributed by atoms with van der Waals surface area (Å²) in [6, 6.07) is 1.95. The van der Waals surface area contributed by atoms with Gasteiger partial charge in [-0.15, -0.1) is 0 Å². The normalized spacial score (nSPS) is 23.1. The molecule has 0 spiro atoms. The van der Waals surface area contributed by atoms with Crippen LogP contribution in [0.4, 0.5) is 0 Å². The van der Waals surface area contributed by atoms with Gasteiger partial charge in [-0.1, -0.05) is 19.8 Å². The summed E-state index contributed by atoms with van der Waals surface area (Å²) in [6.45, 7) is 3.82. The highest BCUT2D eigenvalue weighted by Gasteiger charge is 2.24. The molecule has 1 saturated carbocycles. The molecule has 1 heterocycles. The van der Waals surface area contributed by atoms with Gasteiger partial charge in [-0.3, -0.25) is 4.79 Å². The lowest BCUT2D eigenvalue weighted by Gasteiger charge is -2.29. The highest BCUT2D eigenvalue weighted by molar-refractivity contribution is 5.95. The number of amides is 1. The Balaban J connectivity index is 2.13. The van der Waals surface area contributed by atoms with E-state index in [9.17, 15) is 4.79 Å². The highest BCUT2D eigenvalue weighted by Crippen LogP contribution is 2.18. The van der Waals surface area contributed by atoms with Gasteiger partial charge in [0.05, 0.1) is 17.0 Å². The van der Waals surface area contributed by atoms with E-state index in [4.69, 9.17) is 5.73 Å². The van der Waals surface area contributed by atoms with Crippen LogP contribution < -0.4 is 11.1 Å². The van der Waals surface area contributed by atoms with Crippen molar-refractivity contribution in [2.24, 2.45) is 5.73 Å². The maximum absolute atomic E-state index is 12.4. The zero-order valence-corrected chi connectivity index (χ0v) is 11.6. The minimum Gasteiger partial charge on any atom is -0.348 e. The smallest absolute Gasteiger partial charge is 0.253 e. The van der Waals surface area contributed by atoms with E-state index in [0.717, 1.165) is 37.1 Å². The number of nitrogens with two attached hydrogens (primary N) is 1. The summed E-state index contributed by atoms with van der Waals surface area (Å²) in [7, 11) is 0. The van der Waals surface area contributed by atoms with Crippen molar-refractivity contribution >= 4 is 5.91 Å². The lowest BCUT2D eigenvalue weighted by atomic mass is 9.91.